The summed E-state index contributed by atoms with van der Waals surface area (Å²) in [6.45, 7) is 0. The van der Waals surface area contributed by atoms with Gasteiger partial charge in [-0.2, -0.15) is 5.26 Å². The maximum Gasteiger partial charge on any atom is 0.573 e. The van der Waals surface area contributed by atoms with Crippen molar-refractivity contribution in [1.29, 1.82) is 5.26 Å². The minimum absolute atomic E-state index is 0.329. The van der Waals surface area contributed by atoms with E-state index in [1.807, 2.05) is 6.07 Å². The molecule has 0 aliphatic rings. The highest BCUT2D eigenvalue weighted by Crippen LogP contribution is 2.34. The van der Waals surface area contributed by atoms with Gasteiger partial charge in [-0.3, -0.25) is 0 Å². The van der Waals surface area contributed by atoms with Gasteiger partial charge in [0, 0.05) is 5.56 Å². The van der Waals surface area contributed by atoms with Crippen molar-refractivity contribution in [2.75, 3.05) is 7.11 Å². The highest BCUT2D eigenvalue weighted by molar-refractivity contribution is 5.73. The van der Waals surface area contributed by atoms with Crippen molar-refractivity contribution in [3.8, 4) is 28.7 Å². The first kappa shape index (κ1) is 14.7. The number of ether oxygens (including phenoxy) is 2. The molecule has 0 aliphatic heterocycles. The summed E-state index contributed by atoms with van der Waals surface area (Å²) >= 11 is 0. The SMILES string of the molecule is COc1ccc(C#N)cc1-c1cccc(OC(F)(F)F)c1. The minimum Gasteiger partial charge on any atom is -0.496 e. The van der Waals surface area contributed by atoms with Crippen LogP contribution < -0.4 is 9.47 Å². The van der Waals surface area contributed by atoms with E-state index in [0.717, 1.165) is 0 Å². The second kappa shape index (κ2) is 5.75. The number of hydrogen-bond acceptors (Lipinski definition) is 3. The highest BCUT2D eigenvalue weighted by Gasteiger charge is 2.31. The molecule has 108 valence electrons. The summed E-state index contributed by atoms with van der Waals surface area (Å²) in [5, 5.41) is 8.92. The number of rotatable bonds is 3. The lowest BCUT2D eigenvalue weighted by Gasteiger charge is -2.12. The van der Waals surface area contributed by atoms with Gasteiger partial charge in [-0.1, -0.05) is 12.1 Å². The molecule has 0 bridgehead atoms. The maximum absolute atomic E-state index is 12.2. The van der Waals surface area contributed by atoms with Crippen molar-refractivity contribution < 1.29 is 22.6 Å². The van der Waals surface area contributed by atoms with Crippen LogP contribution in [0.5, 0.6) is 11.5 Å². The Morgan fingerprint density at radius 3 is 2.48 bits per heavy atom. The molecule has 2 rings (SSSR count). The van der Waals surface area contributed by atoms with Crippen LogP contribution in [0.25, 0.3) is 11.1 Å². The lowest BCUT2D eigenvalue weighted by atomic mass is 10.0. The van der Waals surface area contributed by atoms with Gasteiger partial charge in [0.1, 0.15) is 11.5 Å². The van der Waals surface area contributed by atoms with Crippen LogP contribution >= 0.6 is 0 Å². The predicted octanol–water partition coefficient (Wildman–Crippen LogP) is 4.13. The zero-order valence-corrected chi connectivity index (χ0v) is 10.9. The van der Waals surface area contributed by atoms with Crippen molar-refractivity contribution in [2.24, 2.45) is 0 Å². The highest BCUT2D eigenvalue weighted by atomic mass is 19.4. The average Bonchev–Trinajstić information content (AvgIpc) is 2.45. The van der Waals surface area contributed by atoms with Gasteiger partial charge in [0.2, 0.25) is 0 Å². The number of nitrogens with zero attached hydrogens (tertiary/aromatic N) is 1. The van der Waals surface area contributed by atoms with E-state index in [9.17, 15) is 13.2 Å². The fourth-order valence-electron chi connectivity index (χ4n) is 1.86. The van der Waals surface area contributed by atoms with Gasteiger partial charge in [-0.25, -0.2) is 0 Å². The van der Waals surface area contributed by atoms with E-state index >= 15 is 0 Å². The van der Waals surface area contributed by atoms with E-state index < -0.39 is 6.36 Å². The Labute approximate surface area is 119 Å². The van der Waals surface area contributed by atoms with E-state index in [4.69, 9.17) is 10.00 Å². The summed E-state index contributed by atoms with van der Waals surface area (Å²) in [6.07, 6.45) is -4.75. The zero-order valence-electron chi connectivity index (χ0n) is 10.9. The molecule has 6 heteroatoms. The molecule has 0 amide bonds. The van der Waals surface area contributed by atoms with Gasteiger partial charge in [-0.05, 0) is 35.9 Å². The number of methoxy groups -OCH3 is 1. The third kappa shape index (κ3) is 3.66. The number of hydrogen-bond donors (Lipinski definition) is 0. The first-order valence-electron chi connectivity index (χ1n) is 5.87. The molecule has 0 fully saturated rings. The topological polar surface area (TPSA) is 42.2 Å². The monoisotopic (exact) mass is 293 g/mol. The van der Waals surface area contributed by atoms with Crippen LogP contribution in [0.15, 0.2) is 42.5 Å². The van der Waals surface area contributed by atoms with Crippen LogP contribution in [0.2, 0.25) is 0 Å². The molecule has 0 N–H and O–H groups in total. The molecule has 2 aromatic rings. The van der Waals surface area contributed by atoms with Crippen LogP contribution in [0.1, 0.15) is 5.56 Å². The number of halogens is 3. The van der Waals surface area contributed by atoms with E-state index in [-0.39, 0.29) is 5.75 Å². The number of alkyl halides is 3. The Kier molecular flexibility index (Phi) is 4.03. The van der Waals surface area contributed by atoms with Gasteiger partial charge in [0.15, 0.2) is 0 Å². The smallest absolute Gasteiger partial charge is 0.496 e. The first-order valence-corrected chi connectivity index (χ1v) is 5.87. The third-order valence-corrected chi connectivity index (χ3v) is 2.71. The Hall–Kier alpha value is -2.68. The molecule has 0 spiro atoms. The normalized spacial score (nSPS) is 10.8. The summed E-state index contributed by atoms with van der Waals surface area (Å²) in [7, 11) is 1.45. The summed E-state index contributed by atoms with van der Waals surface area (Å²) in [6, 6.07) is 12.2. The van der Waals surface area contributed by atoms with Crippen LogP contribution in [0.3, 0.4) is 0 Å². The second-order valence-electron chi connectivity index (χ2n) is 4.10. The van der Waals surface area contributed by atoms with Crippen LogP contribution in [0.4, 0.5) is 13.2 Å². The van der Waals surface area contributed by atoms with E-state index in [0.29, 0.717) is 22.4 Å². The Balaban J connectivity index is 2.47. The van der Waals surface area contributed by atoms with Gasteiger partial charge in [0.25, 0.3) is 0 Å². The Bertz CT molecular complexity index is 690. The fourth-order valence-corrected chi connectivity index (χ4v) is 1.86. The molecule has 0 saturated heterocycles. The standard InChI is InChI=1S/C15H10F3NO2/c1-20-14-6-5-10(9-19)7-13(14)11-3-2-4-12(8-11)21-15(16,17)18/h2-8H,1H3. The molecule has 0 unspecified atom stereocenters. The molecule has 0 heterocycles. The van der Waals surface area contributed by atoms with Crippen LogP contribution in [0, 0.1) is 11.3 Å². The van der Waals surface area contributed by atoms with Gasteiger partial charge in [0.05, 0.1) is 18.7 Å². The van der Waals surface area contributed by atoms with Gasteiger partial charge in [-0.15, -0.1) is 13.2 Å². The summed E-state index contributed by atoms with van der Waals surface area (Å²) in [5.74, 6) is 0.127. The van der Waals surface area contributed by atoms with Gasteiger partial charge < -0.3 is 9.47 Å². The molecule has 3 nitrogen and oxygen atoms in total. The van der Waals surface area contributed by atoms with Crippen molar-refractivity contribution >= 4 is 0 Å². The van der Waals surface area contributed by atoms with Crippen molar-refractivity contribution in [3.05, 3.63) is 48.0 Å². The predicted molar refractivity (Wildman–Crippen MR) is 69.8 cm³/mol. The molecular weight excluding hydrogens is 283 g/mol. The summed E-state index contributed by atoms with van der Waals surface area (Å²) < 4.78 is 45.8. The third-order valence-electron chi connectivity index (χ3n) is 2.71. The molecule has 0 aliphatic carbocycles. The first-order chi connectivity index (χ1) is 9.93. The number of nitriles is 1. The molecular formula is C15H10F3NO2. The van der Waals surface area contributed by atoms with E-state index in [1.165, 1.54) is 25.3 Å². The molecule has 0 atom stereocenters. The lowest BCUT2D eigenvalue weighted by Crippen LogP contribution is -2.17. The molecule has 0 radical (unpaired) electrons. The fraction of sp³-hybridized carbons (Fsp3) is 0.133. The quantitative estimate of drug-likeness (QED) is 0.854. The molecule has 21 heavy (non-hydrogen) atoms. The number of benzene rings is 2. The largest absolute Gasteiger partial charge is 0.573 e. The molecule has 2 aromatic carbocycles. The van der Waals surface area contributed by atoms with E-state index in [2.05, 4.69) is 4.74 Å². The lowest BCUT2D eigenvalue weighted by molar-refractivity contribution is -0.274. The van der Waals surface area contributed by atoms with Crippen molar-refractivity contribution in [3.63, 3.8) is 0 Å². The van der Waals surface area contributed by atoms with Gasteiger partial charge >= 0.3 is 6.36 Å². The molecule has 0 saturated carbocycles. The summed E-state index contributed by atoms with van der Waals surface area (Å²) in [4.78, 5) is 0. The minimum atomic E-state index is -4.75. The summed E-state index contributed by atoms with van der Waals surface area (Å²) in [5.41, 5.74) is 1.36. The zero-order chi connectivity index (χ0) is 15.5. The van der Waals surface area contributed by atoms with Crippen molar-refractivity contribution in [1.82, 2.24) is 0 Å². The van der Waals surface area contributed by atoms with Crippen LogP contribution in [-0.2, 0) is 0 Å². The Morgan fingerprint density at radius 1 is 1.10 bits per heavy atom. The average molecular weight is 293 g/mol. The molecule has 0 aromatic heterocycles. The van der Waals surface area contributed by atoms with E-state index in [1.54, 1.807) is 24.3 Å². The van der Waals surface area contributed by atoms with Crippen LogP contribution in [-0.4, -0.2) is 13.5 Å². The maximum atomic E-state index is 12.2. The van der Waals surface area contributed by atoms with Crippen molar-refractivity contribution in [2.45, 2.75) is 6.36 Å². The Morgan fingerprint density at radius 2 is 1.86 bits per heavy atom. The second-order valence-corrected chi connectivity index (χ2v) is 4.10.